The second kappa shape index (κ2) is 4.52. The van der Waals surface area contributed by atoms with Crippen molar-refractivity contribution in [2.24, 2.45) is 0 Å². The van der Waals surface area contributed by atoms with Gasteiger partial charge in [-0.15, -0.1) is 0 Å². The maximum atomic E-state index is 13.0. The predicted molar refractivity (Wildman–Crippen MR) is 50.3 cm³/mol. The highest BCUT2D eigenvalue weighted by Gasteiger charge is 2.31. The number of nitriles is 1. The lowest BCUT2D eigenvalue weighted by molar-refractivity contribution is -0.137. The highest BCUT2D eigenvalue weighted by molar-refractivity contribution is 5.34. The average molecular weight is 231 g/mol. The van der Waals surface area contributed by atoms with Crippen molar-refractivity contribution in [1.29, 1.82) is 5.26 Å². The van der Waals surface area contributed by atoms with E-state index in [0.29, 0.717) is 0 Å². The number of halogens is 4. The van der Waals surface area contributed by atoms with Crippen molar-refractivity contribution >= 4 is 0 Å². The standard InChI is InChI=1S/C11H9F4N/c1-7(12)9-4-8(2-3-16)5-10(6-9)11(13,14)15/h4-7H,2H2,1H3. The van der Waals surface area contributed by atoms with Gasteiger partial charge in [-0.05, 0) is 30.2 Å². The maximum absolute atomic E-state index is 13.0. The van der Waals surface area contributed by atoms with Crippen molar-refractivity contribution in [1.82, 2.24) is 0 Å². The topological polar surface area (TPSA) is 23.8 Å². The van der Waals surface area contributed by atoms with E-state index in [-0.39, 0.29) is 17.5 Å². The molecule has 16 heavy (non-hydrogen) atoms. The number of nitrogens with zero attached hydrogens (tertiary/aromatic N) is 1. The Labute approximate surface area is 90.3 Å². The molecule has 0 bridgehead atoms. The van der Waals surface area contributed by atoms with Gasteiger partial charge in [0.05, 0.1) is 18.1 Å². The van der Waals surface area contributed by atoms with E-state index in [1.807, 2.05) is 0 Å². The predicted octanol–water partition coefficient (Wildman–Crippen LogP) is 3.80. The van der Waals surface area contributed by atoms with Gasteiger partial charge in [0, 0.05) is 0 Å². The van der Waals surface area contributed by atoms with Crippen LogP contribution in [0.5, 0.6) is 0 Å². The van der Waals surface area contributed by atoms with Crippen molar-refractivity contribution in [3.05, 3.63) is 34.9 Å². The fraction of sp³-hybridized carbons (Fsp3) is 0.364. The zero-order valence-corrected chi connectivity index (χ0v) is 8.48. The highest BCUT2D eigenvalue weighted by atomic mass is 19.4. The summed E-state index contributed by atoms with van der Waals surface area (Å²) >= 11 is 0. The first kappa shape index (κ1) is 12.5. The molecule has 1 aromatic rings. The third kappa shape index (κ3) is 2.96. The van der Waals surface area contributed by atoms with Crippen LogP contribution in [0, 0.1) is 11.3 Å². The number of hydrogen-bond donors (Lipinski definition) is 0. The number of alkyl halides is 4. The molecule has 0 aliphatic rings. The lowest BCUT2D eigenvalue weighted by atomic mass is 10.0. The van der Waals surface area contributed by atoms with Crippen LogP contribution < -0.4 is 0 Å². The summed E-state index contributed by atoms with van der Waals surface area (Å²) in [5, 5.41) is 8.42. The van der Waals surface area contributed by atoms with Gasteiger partial charge in [0.15, 0.2) is 0 Å². The second-order valence-corrected chi connectivity index (χ2v) is 3.41. The van der Waals surface area contributed by atoms with Crippen LogP contribution in [0.2, 0.25) is 0 Å². The average Bonchev–Trinajstić information content (AvgIpc) is 2.16. The minimum Gasteiger partial charge on any atom is -0.243 e. The van der Waals surface area contributed by atoms with E-state index in [1.54, 1.807) is 6.07 Å². The van der Waals surface area contributed by atoms with Crippen LogP contribution in [0.1, 0.15) is 29.8 Å². The van der Waals surface area contributed by atoms with Crippen LogP contribution >= 0.6 is 0 Å². The minimum absolute atomic E-state index is 0.0555. The van der Waals surface area contributed by atoms with Crippen molar-refractivity contribution < 1.29 is 17.6 Å². The van der Waals surface area contributed by atoms with Crippen LogP contribution in [-0.4, -0.2) is 0 Å². The Bertz CT molecular complexity index is 415. The third-order valence-electron chi connectivity index (χ3n) is 2.08. The maximum Gasteiger partial charge on any atom is 0.416 e. The van der Waals surface area contributed by atoms with Gasteiger partial charge in [-0.1, -0.05) is 6.07 Å². The summed E-state index contributed by atoms with van der Waals surface area (Å²) in [6.45, 7) is 1.16. The minimum atomic E-state index is -4.52. The normalized spacial score (nSPS) is 13.2. The molecule has 0 spiro atoms. The molecule has 0 aromatic heterocycles. The summed E-state index contributed by atoms with van der Waals surface area (Å²) in [5.41, 5.74) is -0.795. The second-order valence-electron chi connectivity index (χ2n) is 3.41. The molecule has 0 fully saturated rings. The summed E-state index contributed by atoms with van der Waals surface area (Å²) in [4.78, 5) is 0. The summed E-state index contributed by atoms with van der Waals surface area (Å²) < 4.78 is 50.3. The van der Waals surface area contributed by atoms with Gasteiger partial charge < -0.3 is 0 Å². The van der Waals surface area contributed by atoms with Gasteiger partial charge in [0.1, 0.15) is 6.17 Å². The van der Waals surface area contributed by atoms with Crippen LogP contribution in [0.3, 0.4) is 0 Å². The molecule has 1 aromatic carbocycles. The van der Waals surface area contributed by atoms with E-state index >= 15 is 0 Å². The van der Waals surface area contributed by atoms with Crippen LogP contribution in [0.25, 0.3) is 0 Å². The van der Waals surface area contributed by atoms with Crippen LogP contribution in [-0.2, 0) is 12.6 Å². The fourth-order valence-corrected chi connectivity index (χ4v) is 1.31. The lowest BCUT2D eigenvalue weighted by Crippen LogP contribution is -2.07. The van der Waals surface area contributed by atoms with E-state index in [2.05, 4.69) is 0 Å². The van der Waals surface area contributed by atoms with Crippen LogP contribution in [0.15, 0.2) is 18.2 Å². The van der Waals surface area contributed by atoms with Crippen molar-refractivity contribution in [2.75, 3.05) is 0 Å². The molecule has 1 atom stereocenters. The summed E-state index contributed by atoms with van der Waals surface area (Å²) in [6.07, 6.45) is -6.17. The van der Waals surface area contributed by atoms with Gasteiger partial charge in [0.25, 0.3) is 0 Å². The quantitative estimate of drug-likeness (QED) is 0.710. The number of rotatable bonds is 2. The van der Waals surface area contributed by atoms with E-state index < -0.39 is 17.9 Å². The fourth-order valence-electron chi connectivity index (χ4n) is 1.31. The first-order valence-electron chi connectivity index (χ1n) is 4.56. The summed E-state index contributed by atoms with van der Waals surface area (Å²) in [6, 6.07) is 4.66. The van der Waals surface area contributed by atoms with Crippen molar-refractivity contribution in [3.63, 3.8) is 0 Å². The molecule has 0 radical (unpaired) electrons. The Morgan fingerprint density at radius 1 is 1.31 bits per heavy atom. The first-order chi connectivity index (χ1) is 7.34. The molecule has 0 N–H and O–H groups in total. The molecule has 0 aliphatic carbocycles. The molecular weight excluding hydrogens is 222 g/mol. The van der Waals surface area contributed by atoms with E-state index in [0.717, 1.165) is 19.1 Å². The molecule has 1 rings (SSSR count). The SMILES string of the molecule is CC(F)c1cc(CC#N)cc(C(F)(F)F)c1. The largest absolute Gasteiger partial charge is 0.416 e. The Hall–Kier alpha value is -1.57. The highest BCUT2D eigenvalue weighted by Crippen LogP contribution is 2.32. The Morgan fingerprint density at radius 3 is 2.38 bits per heavy atom. The lowest BCUT2D eigenvalue weighted by Gasteiger charge is -2.11. The van der Waals surface area contributed by atoms with Gasteiger partial charge in [0.2, 0.25) is 0 Å². The van der Waals surface area contributed by atoms with E-state index in [4.69, 9.17) is 5.26 Å². The molecule has 0 heterocycles. The van der Waals surface area contributed by atoms with Crippen molar-refractivity contribution in [3.8, 4) is 6.07 Å². The van der Waals surface area contributed by atoms with Crippen molar-refractivity contribution in [2.45, 2.75) is 25.7 Å². The number of benzene rings is 1. The zero-order valence-electron chi connectivity index (χ0n) is 8.48. The van der Waals surface area contributed by atoms with E-state index in [9.17, 15) is 17.6 Å². The Balaban J connectivity index is 3.25. The molecule has 5 heteroatoms. The molecule has 86 valence electrons. The van der Waals surface area contributed by atoms with Gasteiger partial charge in [-0.3, -0.25) is 0 Å². The molecular formula is C11H9F4N. The smallest absolute Gasteiger partial charge is 0.243 e. The molecule has 0 saturated heterocycles. The van der Waals surface area contributed by atoms with E-state index in [1.165, 1.54) is 6.07 Å². The number of hydrogen-bond acceptors (Lipinski definition) is 1. The summed E-state index contributed by atoms with van der Waals surface area (Å²) in [5.74, 6) is 0. The third-order valence-corrected chi connectivity index (χ3v) is 2.08. The monoisotopic (exact) mass is 231 g/mol. The zero-order chi connectivity index (χ0) is 12.3. The molecule has 0 saturated carbocycles. The van der Waals surface area contributed by atoms with Crippen LogP contribution in [0.4, 0.5) is 17.6 Å². The Morgan fingerprint density at radius 2 is 1.94 bits per heavy atom. The molecule has 1 nitrogen and oxygen atoms in total. The Kier molecular flexibility index (Phi) is 3.53. The van der Waals surface area contributed by atoms with Gasteiger partial charge in [-0.25, -0.2) is 4.39 Å². The first-order valence-corrected chi connectivity index (χ1v) is 4.56. The van der Waals surface area contributed by atoms with Gasteiger partial charge in [-0.2, -0.15) is 18.4 Å². The molecule has 0 aliphatic heterocycles. The van der Waals surface area contributed by atoms with Gasteiger partial charge >= 0.3 is 6.18 Å². The summed E-state index contributed by atoms with van der Waals surface area (Å²) in [7, 11) is 0. The molecule has 1 unspecified atom stereocenters. The molecule has 0 amide bonds.